The van der Waals surface area contributed by atoms with Gasteiger partial charge in [0.2, 0.25) is 5.91 Å². The van der Waals surface area contributed by atoms with Gasteiger partial charge in [-0.3, -0.25) is 9.59 Å². The number of aliphatic carboxylic acids is 1. The largest absolute Gasteiger partial charge is 0.481 e. The van der Waals surface area contributed by atoms with Gasteiger partial charge in [-0.15, -0.1) is 5.10 Å². The molecule has 2 aromatic rings. The molecule has 33 heavy (non-hydrogen) atoms. The van der Waals surface area contributed by atoms with Crippen molar-refractivity contribution in [3.63, 3.8) is 0 Å². The number of benzene rings is 1. The quantitative estimate of drug-likeness (QED) is 0.713. The number of carbonyl (C=O) groups is 2. The normalized spacial score (nSPS) is 31.9. The van der Waals surface area contributed by atoms with Crippen LogP contribution in [0.2, 0.25) is 0 Å². The zero-order valence-electron chi connectivity index (χ0n) is 18.8. The van der Waals surface area contributed by atoms with Gasteiger partial charge < -0.3 is 14.7 Å². The molecule has 4 aliphatic rings. The van der Waals surface area contributed by atoms with E-state index in [1.54, 1.807) is 10.8 Å². The summed E-state index contributed by atoms with van der Waals surface area (Å²) in [7, 11) is 0. The minimum absolute atomic E-state index is 0.160. The van der Waals surface area contributed by atoms with Gasteiger partial charge in [0.15, 0.2) is 5.82 Å². The highest BCUT2D eigenvalue weighted by atomic mass is 16.5. The van der Waals surface area contributed by atoms with Crippen LogP contribution < -0.4 is 0 Å². The molecule has 4 heterocycles. The molecule has 1 amide bonds. The summed E-state index contributed by atoms with van der Waals surface area (Å²) in [5.74, 6) is -2.07. The minimum Gasteiger partial charge on any atom is -0.481 e. The van der Waals surface area contributed by atoms with Crippen molar-refractivity contribution in [3.8, 4) is 5.69 Å². The number of amides is 1. The molecule has 2 saturated heterocycles. The van der Waals surface area contributed by atoms with E-state index in [-0.39, 0.29) is 5.91 Å². The van der Waals surface area contributed by atoms with E-state index in [4.69, 9.17) is 4.74 Å². The number of fused-ring (bicyclic) bond motifs is 1. The van der Waals surface area contributed by atoms with E-state index in [0.29, 0.717) is 12.4 Å². The fourth-order valence-electron chi connectivity index (χ4n) is 6.66. The number of carbonyl (C=O) groups excluding carboxylic acids is 1. The van der Waals surface area contributed by atoms with E-state index in [0.717, 1.165) is 48.9 Å². The second-order valence-corrected chi connectivity index (χ2v) is 9.91. The van der Waals surface area contributed by atoms with Gasteiger partial charge in [-0.05, 0) is 48.2 Å². The molecule has 0 unspecified atom stereocenters. The summed E-state index contributed by atoms with van der Waals surface area (Å²) in [5, 5.41) is 22.8. The van der Waals surface area contributed by atoms with Crippen molar-refractivity contribution in [2.45, 2.75) is 63.2 Å². The number of tetrazole rings is 1. The first-order chi connectivity index (χ1) is 15.9. The van der Waals surface area contributed by atoms with Crippen LogP contribution in [0.5, 0.6) is 0 Å². The molecule has 1 N–H and O–H groups in total. The van der Waals surface area contributed by atoms with Crippen LogP contribution in [0.25, 0.3) is 5.69 Å². The molecule has 1 aromatic heterocycles. The standard InChI is InChI=1S/C24H27N5O4/c1-14-7-6-8-15(2)19(14)29-22(25-26-27-29)23(10-4-3-5-11-23)28-13-24-12-9-16(33-24)17(21(31)32)18(24)20(28)30/h6-9,12,16-18H,3-5,10-11,13H2,1-2H3,(H,31,32)/t16-,17-,18+,24-/m1/s1. The zero-order valence-corrected chi connectivity index (χ0v) is 18.8. The van der Waals surface area contributed by atoms with Gasteiger partial charge in [0.1, 0.15) is 17.1 Å². The van der Waals surface area contributed by atoms with Crippen LogP contribution in [0.4, 0.5) is 0 Å². The summed E-state index contributed by atoms with van der Waals surface area (Å²) in [6.45, 7) is 4.38. The smallest absolute Gasteiger partial charge is 0.310 e. The number of para-hydroxylation sites is 1. The minimum atomic E-state index is -0.982. The van der Waals surface area contributed by atoms with Crippen LogP contribution in [-0.4, -0.2) is 60.3 Å². The summed E-state index contributed by atoms with van der Waals surface area (Å²) in [6, 6.07) is 6.06. The highest BCUT2D eigenvalue weighted by molar-refractivity contribution is 5.91. The number of hydrogen-bond acceptors (Lipinski definition) is 6. The van der Waals surface area contributed by atoms with Crippen molar-refractivity contribution >= 4 is 11.9 Å². The average Bonchev–Trinajstić information content (AvgIpc) is 3.55. The van der Waals surface area contributed by atoms with Crippen molar-refractivity contribution in [2.75, 3.05) is 6.54 Å². The lowest BCUT2D eigenvalue weighted by molar-refractivity contribution is -0.150. The maximum atomic E-state index is 13.9. The molecule has 3 aliphatic heterocycles. The number of aryl methyl sites for hydroxylation is 2. The Balaban J connectivity index is 1.49. The fourth-order valence-corrected chi connectivity index (χ4v) is 6.66. The van der Waals surface area contributed by atoms with Crippen molar-refractivity contribution in [1.82, 2.24) is 25.1 Å². The maximum absolute atomic E-state index is 13.9. The lowest BCUT2D eigenvalue weighted by atomic mass is 9.77. The first-order valence-corrected chi connectivity index (χ1v) is 11.6. The number of aromatic nitrogens is 4. The van der Waals surface area contributed by atoms with Crippen LogP contribution in [0.1, 0.15) is 49.1 Å². The van der Waals surface area contributed by atoms with Crippen LogP contribution >= 0.6 is 0 Å². The molecule has 6 rings (SSSR count). The van der Waals surface area contributed by atoms with Crippen molar-refractivity contribution < 1.29 is 19.4 Å². The van der Waals surface area contributed by atoms with Gasteiger partial charge in [0.25, 0.3) is 0 Å². The monoisotopic (exact) mass is 449 g/mol. The van der Waals surface area contributed by atoms with Gasteiger partial charge in [-0.25, -0.2) is 0 Å². The SMILES string of the molecule is Cc1cccc(C)c1-n1nnnc1C1(N2C[C@@]34C=C[C@@H](O3)[C@@H](C(=O)O)[C@H]4C2=O)CCCCC1. The summed E-state index contributed by atoms with van der Waals surface area (Å²) in [5.41, 5.74) is 1.44. The van der Waals surface area contributed by atoms with Crippen molar-refractivity contribution in [2.24, 2.45) is 11.8 Å². The summed E-state index contributed by atoms with van der Waals surface area (Å²) in [6.07, 6.45) is 7.62. The molecule has 0 radical (unpaired) electrons. The number of likely N-dealkylation sites (tertiary alicyclic amines) is 1. The first kappa shape index (κ1) is 20.5. The van der Waals surface area contributed by atoms with E-state index < -0.39 is 35.0 Å². The van der Waals surface area contributed by atoms with Crippen LogP contribution in [0.15, 0.2) is 30.4 Å². The van der Waals surface area contributed by atoms with Gasteiger partial charge >= 0.3 is 5.97 Å². The van der Waals surface area contributed by atoms with E-state index >= 15 is 0 Å². The molecular weight excluding hydrogens is 422 g/mol. The van der Waals surface area contributed by atoms with E-state index in [1.807, 2.05) is 43.0 Å². The third-order valence-corrected chi connectivity index (χ3v) is 8.12. The molecular formula is C24H27N5O4. The predicted molar refractivity (Wildman–Crippen MR) is 116 cm³/mol. The number of ether oxygens (including phenoxy) is 1. The summed E-state index contributed by atoms with van der Waals surface area (Å²) < 4.78 is 7.94. The fraction of sp³-hybridized carbons (Fsp3) is 0.542. The van der Waals surface area contributed by atoms with Crippen LogP contribution in [-0.2, 0) is 19.9 Å². The Morgan fingerprint density at radius 1 is 1.18 bits per heavy atom. The third-order valence-electron chi connectivity index (χ3n) is 8.12. The lowest BCUT2D eigenvalue weighted by Crippen LogP contribution is -2.52. The second kappa shape index (κ2) is 6.96. The number of rotatable bonds is 4. The van der Waals surface area contributed by atoms with Gasteiger partial charge in [0.05, 0.1) is 24.3 Å². The summed E-state index contributed by atoms with van der Waals surface area (Å²) >= 11 is 0. The Morgan fingerprint density at radius 2 is 1.91 bits per heavy atom. The Bertz CT molecular complexity index is 1160. The van der Waals surface area contributed by atoms with Crippen molar-refractivity contribution in [1.29, 1.82) is 0 Å². The molecule has 9 heteroatoms. The third kappa shape index (κ3) is 2.65. The maximum Gasteiger partial charge on any atom is 0.310 e. The number of carboxylic acids is 1. The second-order valence-electron chi connectivity index (χ2n) is 9.91. The molecule has 3 fully saturated rings. The Labute approximate surface area is 191 Å². The molecule has 1 saturated carbocycles. The molecule has 2 bridgehead atoms. The highest BCUT2D eigenvalue weighted by Gasteiger charge is 2.69. The average molecular weight is 450 g/mol. The van der Waals surface area contributed by atoms with Gasteiger partial charge in [-0.2, -0.15) is 4.68 Å². The first-order valence-electron chi connectivity index (χ1n) is 11.6. The van der Waals surface area contributed by atoms with Gasteiger partial charge in [-0.1, -0.05) is 49.6 Å². The van der Waals surface area contributed by atoms with E-state index in [9.17, 15) is 14.7 Å². The van der Waals surface area contributed by atoms with E-state index in [1.165, 1.54) is 0 Å². The molecule has 1 aromatic carbocycles. The highest BCUT2D eigenvalue weighted by Crippen LogP contribution is 2.56. The van der Waals surface area contributed by atoms with Crippen LogP contribution in [0.3, 0.4) is 0 Å². The van der Waals surface area contributed by atoms with Crippen molar-refractivity contribution in [3.05, 3.63) is 47.3 Å². The Hall–Kier alpha value is -3.07. The molecule has 9 nitrogen and oxygen atoms in total. The number of nitrogens with zero attached hydrogens (tertiary/aromatic N) is 5. The topological polar surface area (TPSA) is 110 Å². The molecule has 172 valence electrons. The molecule has 1 aliphatic carbocycles. The molecule has 4 atom stereocenters. The number of carboxylic acid groups (broad SMARTS) is 1. The predicted octanol–water partition coefficient (Wildman–Crippen LogP) is 2.31. The lowest BCUT2D eigenvalue weighted by Gasteiger charge is -2.44. The van der Waals surface area contributed by atoms with Gasteiger partial charge in [0, 0.05) is 0 Å². The zero-order chi connectivity index (χ0) is 23.0. The van der Waals surface area contributed by atoms with E-state index in [2.05, 4.69) is 15.5 Å². The number of hydrogen-bond donors (Lipinski definition) is 1. The summed E-state index contributed by atoms with van der Waals surface area (Å²) in [4.78, 5) is 27.9. The Morgan fingerprint density at radius 3 is 2.61 bits per heavy atom. The Kier molecular flexibility index (Phi) is 4.33. The van der Waals surface area contributed by atoms with Crippen LogP contribution in [0, 0.1) is 25.7 Å². The molecule has 1 spiro atoms.